The molecule has 0 bridgehead atoms. The molecule has 1 fully saturated rings. The zero-order valence-corrected chi connectivity index (χ0v) is 18.9. The summed E-state index contributed by atoms with van der Waals surface area (Å²) in [7, 11) is 0. The normalized spacial score (nSPS) is 19.0. The minimum absolute atomic E-state index is 0.0508. The summed E-state index contributed by atoms with van der Waals surface area (Å²) in [5.41, 5.74) is 7.42. The van der Waals surface area contributed by atoms with Gasteiger partial charge in [0.1, 0.15) is 11.8 Å². The van der Waals surface area contributed by atoms with Gasteiger partial charge in [0.05, 0.1) is 5.39 Å². The molecule has 0 radical (unpaired) electrons. The van der Waals surface area contributed by atoms with Crippen molar-refractivity contribution in [2.75, 3.05) is 18.0 Å². The lowest BCUT2D eigenvalue weighted by atomic mass is 9.73. The number of nitrogens with one attached hydrogen (secondary N) is 1. The van der Waals surface area contributed by atoms with Crippen molar-refractivity contribution in [1.82, 2.24) is 30.1 Å². The number of nitriles is 1. The van der Waals surface area contributed by atoms with Crippen LogP contribution < -0.4 is 10.6 Å². The van der Waals surface area contributed by atoms with Gasteiger partial charge in [-0.15, -0.1) is 0 Å². The van der Waals surface area contributed by atoms with Crippen molar-refractivity contribution in [2.24, 2.45) is 11.1 Å². The van der Waals surface area contributed by atoms with E-state index in [4.69, 9.17) is 5.73 Å². The smallest absolute Gasteiger partial charge is 0.341 e. The summed E-state index contributed by atoms with van der Waals surface area (Å²) in [6.45, 7) is 1.25. The molecule has 0 amide bonds. The number of piperidine rings is 1. The Balaban J connectivity index is 1.32. The van der Waals surface area contributed by atoms with Gasteiger partial charge in [-0.2, -0.15) is 28.5 Å². The Morgan fingerprint density at radius 1 is 1.11 bits per heavy atom. The van der Waals surface area contributed by atoms with Crippen LogP contribution in [0.1, 0.15) is 41.5 Å². The van der Waals surface area contributed by atoms with Crippen molar-refractivity contribution in [1.29, 1.82) is 5.26 Å². The first kappa shape index (κ1) is 22.4. The van der Waals surface area contributed by atoms with Gasteiger partial charge in [0, 0.05) is 42.8 Å². The second kappa shape index (κ2) is 7.96. The maximum Gasteiger partial charge on any atom is 0.434 e. The Morgan fingerprint density at radius 2 is 1.86 bits per heavy atom. The van der Waals surface area contributed by atoms with Gasteiger partial charge >= 0.3 is 6.18 Å². The van der Waals surface area contributed by atoms with Gasteiger partial charge in [0.2, 0.25) is 5.95 Å². The van der Waals surface area contributed by atoms with Gasteiger partial charge < -0.3 is 10.6 Å². The van der Waals surface area contributed by atoms with Crippen LogP contribution in [0.5, 0.6) is 0 Å². The van der Waals surface area contributed by atoms with E-state index in [0.717, 1.165) is 36.7 Å². The number of fused-ring (bicyclic) bond motifs is 2. The molecule has 0 aromatic carbocycles. The summed E-state index contributed by atoms with van der Waals surface area (Å²) in [5.74, 6) is 0.327. The van der Waals surface area contributed by atoms with Gasteiger partial charge in [-0.1, -0.05) is 6.07 Å². The highest BCUT2D eigenvalue weighted by Gasteiger charge is 2.47. The van der Waals surface area contributed by atoms with Crippen molar-refractivity contribution < 1.29 is 13.2 Å². The SMILES string of the molecule is N#Cc1nc(N2CCC3(CC2)Cc2ncccc2[C@H]3N)nc2[nH]nc(-c3cccnc3C(F)(F)F)c12. The molecule has 6 rings (SSSR count). The highest BCUT2D eigenvalue weighted by molar-refractivity contribution is 5.95. The molecule has 3 N–H and O–H groups in total. The predicted octanol–water partition coefficient (Wildman–Crippen LogP) is 3.54. The van der Waals surface area contributed by atoms with E-state index >= 15 is 0 Å². The van der Waals surface area contributed by atoms with Crippen LogP contribution >= 0.6 is 0 Å². The first-order chi connectivity index (χ1) is 17.3. The molecule has 2 aliphatic rings. The van der Waals surface area contributed by atoms with Gasteiger partial charge in [-0.3, -0.25) is 15.1 Å². The molecule has 1 aliphatic carbocycles. The van der Waals surface area contributed by atoms with Gasteiger partial charge in [0.15, 0.2) is 17.0 Å². The van der Waals surface area contributed by atoms with Gasteiger partial charge in [-0.05, 0) is 48.4 Å². The standard InChI is InChI=1S/C24H20F3N9/c25-24(26,27)20-14(4-2-8-31-20)18-17-16(12-28)32-22(33-21(17)35-34-18)36-9-5-23(6-10-36)11-15-13(19(23)29)3-1-7-30-15/h1-4,7-8,19H,5-6,9-11,29H2,(H,32,33,34,35)/t19-/m1/s1. The number of alkyl halides is 3. The van der Waals surface area contributed by atoms with E-state index in [-0.39, 0.29) is 39.4 Å². The fourth-order valence-electron chi connectivity index (χ4n) is 5.45. The van der Waals surface area contributed by atoms with Gasteiger partial charge in [-0.25, -0.2) is 4.98 Å². The molecule has 0 saturated carbocycles. The average molecular weight is 491 g/mol. The number of H-pyrrole nitrogens is 1. The first-order valence-corrected chi connectivity index (χ1v) is 11.4. The molecule has 12 heteroatoms. The quantitative estimate of drug-likeness (QED) is 0.435. The summed E-state index contributed by atoms with van der Waals surface area (Å²) in [5, 5.41) is 16.7. The van der Waals surface area contributed by atoms with E-state index in [1.54, 1.807) is 6.20 Å². The third kappa shape index (κ3) is 3.38. The zero-order valence-electron chi connectivity index (χ0n) is 18.9. The molecule has 182 valence electrons. The Bertz CT molecular complexity index is 1510. The van der Waals surface area contributed by atoms with E-state index < -0.39 is 11.9 Å². The van der Waals surface area contributed by atoms with Crippen molar-refractivity contribution in [3.63, 3.8) is 0 Å². The number of hydrogen-bond donors (Lipinski definition) is 2. The second-order valence-electron chi connectivity index (χ2n) is 9.22. The van der Waals surface area contributed by atoms with Crippen molar-refractivity contribution in [3.8, 4) is 17.3 Å². The van der Waals surface area contributed by atoms with Crippen LogP contribution in [0.15, 0.2) is 36.7 Å². The minimum Gasteiger partial charge on any atom is -0.341 e. The molecule has 1 spiro atoms. The van der Waals surface area contributed by atoms with Crippen LogP contribution in [0.4, 0.5) is 19.1 Å². The van der Waals surface area contributed by atoms with E-state index in [1.807, 2.05) is 23.1 Å². The highest BCUT2D eigenvalue weighted by atomic mass is 19.4. The molecule has 9 nitrogen and oxygen atoms in total. The molecule has 1 aliphatic heterocycles. The number of pyridine rings is 2. The summed E-state index contributed by atoms with van der Waals surface area (Å²) in [6.07, 6.45) is 0.579. The minimum atomic E-state index is -4.69. The summed E-state index contributed by atoms with van der Waals surface area (Å²) >= 11 is 0. The molecule has 1 saturated heterocycles. The lowest BCUT2D eigenvalue weighted by molar-refractivity contribution is -0.140. The summed E-state index contributed by atoms with van der Waals surface area (Å²) < 4.78 is 40.7. The number of hydrogen-bond acceptors (Lipinski definition) is 8. The number of rotatable bonds is 2. The third-order valence-corrected chi connectivity index (χ3v) is 7.33. The summed E-state index contributed by atoms with van der Waals surface area (Å²) in [6, 6.07) is 8.50. The highest BCUT2D eigenvalue weighted by Crippen LogP contribution is 2.50. The number of nitrogens with two attached hydrogens (primary N) is 1. The molecule has 4 aromatic rings. The van der Waals surface area contributed by atoms with Crippen molar-refractivity contribution >= 4 is 17.0 Å². The van der Waals surface area contributed by atoms with E-state index in [2.05, 4.69) is 30.1 Å². The second-order valence-corrected chi connectivity index (χ2v) is 9.22. The van der Waals surface area contributed by atoms with Crippen LogP contribution in [-0.2, 0) is 12.6 Å². The molecule has 1 atom stereocenters. The fourth-order valence-corrected chi connectivity index (χ4v) is 5.45. The van der Waals surface area contributed by atoms with Crippen LogP contribution in [-0.4, -0.2) is 43.2 Å². The van der Waals surface area contributed by atoms with E-state index in [1.165, 1.54) is 12.1 Å². The first-order valence-electron chi connectivity index (χ1n) is 11.4. The lowest BCUT2D eigenvalue weighted by Crippen LogP contribution is -2.45. The Kier molecular flexibility index (Phi) is 4.94. The third-order valence-electron chi connectivity index (χ3n) is 7.33. The van der Waals surface area contributed by atoms with Crippen LogP contribution in [0.2, 0.25) is 0 Å². The predicted molar refractivity (Wildman–Crippen MR) is 123 cm³/mol. The molecule has 4 aromatic heterocycles. The average Bonchev–Trinajstić information content (AvgIpc) is 3.43. The maximum absolute atomic E-state index is 13.6. The lowest BCUT2D eigenvalue weighted by Gasteiger charge is -2.42. The van der Waals surface area contributed by atoms with Gasteiger partial charge in [0.25, 0.3) is 0 Å². The number of anilines is 1. The van der Waals surface area contributed by atoms with Crippen LogP contribution in [0.25, 0.3) is 22.3 Å². The number of aromatic amines is 1. The summed E-state index contributed by atoms with van der Waals surface area (Å²) in [4.78, 5) is 18.9. The van der Waals surface area contributed by atoms with E-state index in [0.29, 0.717) is 19.0 Å². The molecule has 5 heterocycles. The Labute approximate surface area is 203 Å². The molecule has 0 unspecified atom stereocenters. The monoisotopic (exact) mass is 491 g/mol. The van der Waals surface area contributed by atoms with E-state index in [9.17, 15) is 18.4 Å². The topological polar surface area (TPSA) is 133 Å². The molecular weight excluding hydrogens is 471 g/mol. The fraction of sp³-hybridized carbons (Fsp3) is 0.333. The van der Waals surface area contributed by atoms with Crippen molar-refractivity contribution in [3.05, 3.63) is 59.3 Å². The zero-order chi connectivity index (χ0) is 25.1. The number of nitrogens with zero attached hydrogens (tertiary/aromatic N) is 7. The molecular formula is C24H20F3N9. The number of halogens is 3. The Morgan fingerprint density at radius 3 is 2.58 bits per heavy atom. The largest absolute Gasteiger partial charge is 0.434 e. The maximum atomic E-state index is 13.6. The van der Waals surface area contributed by atoms with Crippen molar-refractivity contribution in [2.45, 2.75) is 31.5 Å². The van der Waals surface area contributed by atoms with Crippen LogP contribution in [0.3, 0.4) is 0 Å². The number of aromatic nitrogens is 6. The van der Waals surface area contributed by atoms with Crippen LogP contribution in [0, 0.1) is 16.7 Å². The Hall–Kier alpha value is -4.11. The molecule has 36 heavy (non-hydrogen) atoms.